The number of halogens is 2. The van der Waals surface area contributed by atoms with Crippen molar-refractivity contribution >= 4 is 5.69 Å². The summed E-state index contributed by atoms with van der Waals surface area (Å²) in [5.74, 6) is 0.702. The van der Waals surface area contributed by atoms with Gasteiger partial charge in [0.1, 0.15) is 5.75 Å². The maximum atomic E-state index is 12.0. The van der Waals surface area contributed by atoms with Gasteiger partial charge >= 0.3 is 0 Å². The molecule has 0 aliphatic rings. The van der Waals surface area contributed by atoms with Gasteiger partial charge < -0.3 is 10.1 Å². The number of alkyl halides is 2. The lowest BCUT2D eigenvalue weighted by molar-refractivity contribution is 0.163. The molecular weight excluding hydrogens is 212 g/mol. The van der Waals surface area contributed by atoms with Crippen molar-refractivity contribution in [3.8, 4) is 5.75 Å². The Kier molecular flexibility index (Phi) is 5.02. The van der Waals surface area contributed by atoms with Crippen LogP contribution < -0.4 is 10.1 Å². The van der Waals surface area contributed by atoms with Crippen molar-refractivity contribution in [1.82, 2.24) is 0 Å². The number of nitrogens with one attached hydrogen (secondary N) is 1. The van der Waals surface area contributed by atoms with E-state index in [4.69, 9.17) is 4.74 Å². The van der Waals surface area contributed by atoms with Crippen molar-refractivity contribution in [2.75, 3.05) is 11.9 Å². The maximum Gasteiger partial charge on any atom is 0.255 e. The molecule has 1 rings (SSSR count). The van der Waals surface area contributed by atoms with Crippen LogP contribution in [-0.4, -0.2) is 19.1 Å². The standard InChI is InChI=1S/C12H17F2NO/c1-3-9(2)16-11-6-4-5-10(7-11)15-8-12(13)14/h4-7,9,12,15H,3,8H2,1-2H3. The number of benzene rings is 1. The summed E-state index contributed by atoms with van der Waals surface area (Å²) in [5.41, 5.74) is 0.654. The number of rotatable bonds is 6. The van der Waals surface area contributed by atoms with Crippen LogP contribution in [0.15, 0.2) is 24.3 Å². The second kappa shape index (κ2) is 6.30. The fourth-order valence-corrected chi connectivity index (χ4v) is 1.19. The highest BCUT2D eigenvalue weighted by Gasteiger charge is 2.04. The first-order chi connectivity index (χ1) is 7.61. The van der Waals surface area contributed by atoms with Crippen LogP contribution in [0, 0.1) is 0 Å². The van der Waals surface area contributed by atoms with Gasteiger partial charge in [-0.1, -0.05) is 13.0 Å². The SMILES string of the molecule is CCC(C)Oc1cccc(NCC(F)F)c1. The predicted octanol–water partition coefficient (Wildman–Crippen LogP) is 3.54. The molecule has 0 bridgehead atoms. The van der Waals surface area contributed by atoms with E-state index in [2.05, 4.69) is 5.32 Å². The van der Waals surface area contributed by atoms with Gasteiger partial charge in [-0.3, -0.25) is 0 Å². The van der Waals surface area contributed by atoms with Crippen LogP contribution in [0.5, 0.6) is 5.75 Å². The fourth-order valence-electron chi connectivity index (χ4n) is 1.19. The smallest absolute Gasteiger partial charge is 0.255 e. The summed E-state index contributed by atoms with van der Waals surface area (Å²) >= 11 is 0. The van der Waals surface area contributed by atoms with Crippen LogP contribution in [0.2, 0.25) is 0 Å². The molecular formula is C12H17F2NO. The minimum atomic E-state index is -2.35. The average Bonchev–Trinajstić information content (AvgIpc) is 2.26. The van der Waals surface area contributed by atoms with Crippen LogP contribution >= 0.6 is 0 Å². The van der Waals surface area contributed by atoms with E-state index >= 15 is 0 Å². The van der Waals surface area contributed by atoms with Gasteiger partial charge in [0.15, 0.2) is 0 Å². The summed E-state index contributed by atoms with van der Waals surface area (Å²) in [4.78, 5) is 0. The molecule has 0 aromatic heterocycles. The van der Waals surface area contributed by atoms with Gasteiger partial charge in [-0.15, -0.1) is 0 Å². The summed E-state index contributed by atoms with van der Waals surface area (Å²) in [6.45, 7) is 3.66. The lowest BCUT2D eigenvalue weighted by Gasteiger charge is -2.13. The highest BCUT2D eigenvalue weighted by molar-refractivity contribution is 5.48. The average molecular weight is 229 g/mol. The first-order valence-electron chi connectivity index (χ1n) is 5.40. The zero-order valence-corrected chi connectivity index (χ0v) is 9.54. The fraction of sp³-hybridized carbons (Fsp3) is 0.500. The van der Waals surface area contributed by atoms with E-state index < -0.39 is 6.43 Å². The lowest BCUT2D eigenvalue weighted by Crippen LogP contribution is -2.11. The number of hydrogen-bond donors (Lipinski definition) is 1. The minimum absolute atomic E-state index is 0.130. The second-order valence-electron chi connectivity index (χ2n) is 3.64. The van der Waals surface area contributed by atoms with E-state index in [1.54, 1.807) is 18.2 Å². The normalized spacial score (nSPS) is 12.6. The third kappa shape index (κ3) is 4.47. The van der Waals surface area contributed by atoms with Crippen molar-refractivity contribution in [2.24, 2.45) is 0 Å². The van der Waals surface area contributed by atoms with Gasteiger partial charge in [0, 0.05) is 11.8 Å². The largest absolute Gasteiger partial charge is 0.491 e. The van der Waals surface area contributed by atoms with Gasteiger partial charge in [-0.2, -0.15) is 0 Å². The Morgan fingerprint density at radius 3 is 2.75 bits per heavy atom. The Labute approximate surface area is 94.6 Å². The lowest BCUT2D eigenvalue weighted by atomic mass is 10.2. The first-order valence-corrected chi connectivity index (χ1v) is 5.40. The van der Waals surface area contributed by atoms with Gasteiger partial charge in [0.25, 0.3) is 6.43 Å². The maximum absolute atomic E-state index is 12.0. The molecule has 90 valence electrons. The summed E-state index contributed by atoms with van der Waals surface area (Å²) in [6, 6.07) is 7.08. The van der Waals surface area contributed by atoms with Gasteiger partial charge in [0.05, 0.1) is 12.6 Å². The number of hydrogen-bond acceptors (Lipinski definition) is 2. The van der Waals surface area contributed by atoms with E-state index in [-0.39, 0.29) is 12.6 Å². The van der Waals surface area contributed by atoms with Crippen LogP contribution in [-0.2, 0) is 0 Å². The monoisotopic (exact) mass is 229 g/mol. The molecule has 0 saturated carbocycles. The van der Waals surface area contributed by atoms with E-state index in [0.29, 0.717) is 11.4 Å². The minimum Gasteiger partial charge on any atom is -0.491 e. The molecule has 0 spiro atoms. The molecule has 0 radical (unpaired) electrons. The topological polar surface area (TPSA) is 21.3 Å². The molecule has 0 aliphatic heterocycles. The van der Waals surface area contributed by atoms with Gasteiger partial charge in [0.2, 0.25) is 0 Å². The first kappa shape index (κ1) is 12.7. The third-order valence-corrected chi connectivity index (χ3v) is 2.21. The number of ether oxygens (including phenoxy) is 1. The Morgan fingerprint density at radius 2 is 2.12 bits per heavy atom. The van der Waals surface area contributed by atoms with Gasteiger partial charge in [-0.25, -0.2) is 8.78 Å². The highest BCUT2D eigenvalue weighted by atomic mass is 19.3. The van der Waals surface area contributed by atoms with Crippen LogP contribution in [0.3, 0.4) is 0 Å². The molecule has 0 aliphatic carbocycles. The van der Waals surface area contributed by atoms with Crippen molar-refractivity contribution in [3.05, 3.63) is 24.3 Å². The van der Waals surface area contributed by atoms with Crippen LogP contribution in [0.4, 0.5) is 14.5 Å². The molecule has 1 aromatic rings. The molecule has 1 unspecified atom stereocenters. The van der Waals surface area contributed by atoms with Crippen molar-refractivity contribution in [1.29, 1.82) is 0 Å². The van der Waals surface area contributed by atoms with E-state index in [1.807, 2.05) is 19.9 Å². The summed E-state index contributed by atoms with van der Waals surface area (Å²) in [7, 11) is 0. The summed E-state index contributed by atoms with van der Waals surface area (Å²) in [5, 5.41) is 2.65. The molecule has 1 aromatic carbocycles. The molecule has 0 fully saturated rings. The van der Waals surface area contributed by atoms with Crippen molar-refractivity contribution in [2.45, 2.75) is 32.8 Å². The third-order valence-electron chi connectivity index (χ3n) is 2.21. The van der Waals surface area contributed by atoms with E-state index in [0.717, 1.165) is 6.42 Å². The molecule has 0 heterocycles. The molecule has 1 N–H and O–H groups in total. The van der Waals surface area contributed by atoms with Crippen LogP contribution in [0.25, 0.3) is 0 Å². The highest BCUT2D eigenvalue weighted by Crippen LogP contribution is 2.19. The number of anilines is 1. The van der Waals surface area contributed by atoms with Crippen LogP contribution in [0.1, 0.15) is 20.3 Å². The van der Waals surface area contributed by atoms with Crippen molar-refractivity contribution in [3.63, 3.8) is 0 Å². The Balaban J connectivity index is 2.56. The molecule has 1 atom stereocenters. The molecule has 16 heavy (non-hydrogen) atoms. The molecule has 2 nitrogen and oxygen atoms in total. The summed E-state index contributed by atoms with van der Waals surface area (Å²) in [6.07, 6.45) is -1.31. The predicted molar refractivity (Wildman–Crippen MR) is 61.3 cm³/mol. The Bertz CT molecular complexity index is 318. The molecule has 0 saturated heterocycles. The second-order valence-corrected chi connectivity index (χ2v) is 3.64. The Morgan fingerprint density at radius 1 is 1.38 bits per heavy atom. The zero-order valence-electron chi connectivity index (χ0n) is 9.54. The molecule has 0 amide bonds. The Hall–Kier alpha value is -1.32. The molecule has 4 heteroatoms. The summed E-state index contributed by atoms with van der Waals surface area (Å²) < 4.78 is 29.6. The van der Waals surface area contributed by atoms with Crippen molar-refractivity contribution < 1.29 is 13.5 Å². The quantitative estimate of drug-likeness (QED) is 0.805. The zero-order chi connectivity index (χ0) is 12.0. The van der Waals surface area contributed by atoms with E-state index in [9.17, 15) is 8.78 Å². The van der Waals surface area contributed by atoms with Gasteiger partial charge in [-0.05, 0) is 25.5 Å². The van der Waals surface area contributed by atoms with E-state index in [1.165, 1.54) is 0 Å².